The SMILES string of the molecule is O=Cc1cc(CBr)c(OC(F)(F)F)c(C(F)F)n1. The third-order valence-electron chi connectivity index (χ3n) is 1.79. The van der Waals surface area contributed by atoms with Crippen molar-refractivity contribution in [3.63, 3.8) is 0 Å². The van der Waals surface area contributed by atoms with Crippen LogP contribution in [-0.4, -0.2) is 17.6 Å². The number of carbonyl (C=O) groups is 1. The van der Waals surface area contributed by atoms with Gasteiger partial charge in [-0.1, -0.05) is 15.9 Å². The van der Waals surface area contributed by atoms with E-state index >= 15 is 0 Å². The van der Waals surface area contributed by atoms with Gasteiger partial charge in [-0.2, -0.15) is 0 Å². The number of alkyl halides is 6. The van der Waals surface area contributed by atoms with Gasteiger partial charge in [0.15, 0.2) is 12.0 Å². The third-order valence-corrected chi connectivity index (χ3v) is 2.39. The summed E-state index contributed by atoms with van der Waals surface area (Å²) >= 11 is 2.83. The number of nitrogens with zero attached hydrogens (tertiary/aromatic N) is 1. The second kappa shape index (κ2) is 5.59. The lowest BCUT2D eigenvalue weighted by atomic mass is 10.2. The van der Waals surface area contributed by atoms with E-state index in [-0.39, 0.29) is 17.2 Å². The Bertz CT molecular complexity index is 449. The van der Waals surface area contributed by atoms with Crippen LogP contribution in [0.5, 0.6) is 5.75 Å². The predicted molar refractivity (Wildman–Crippen MR) is 53.9 cm³/mol. The molecule has 0 amide bonds. The first kappa shape index (κ1) is 14.8. The summed E-state index contributed by atoms with van der Waals surface area (Å²) in [4.78, 5) is 13.6. The fraction of sp³-hybridized carbons (Fsp3) is 0.333. The fourth-order valence-corrected chi connectivity index (χ4v) is 1.59. The van der Waals surface area contributed by atoms with Crippen LogP contribution < -0.4 is 4.74 Å². The molecule has 0 saturated heterocycles. The monoisotopic (exact) mass is 333 g/mol. The smallest absolute Gasteiger partial charge is 0.403 e. The number of pyridine rings is 1. The standard InChI is InChI=1S/C9H5BrF5NO2/c10-2-4-1-5(3-17)16-6(8(11)12)7(4)18-9(13,14)15/h1,3,8H,2H2. The quantitative estimate of drug-likeness (QED) is 0.480. The van der Waals surface area contributed by atoms with Crippen molar-refractivity contribution in [3.8, 4) is 5.75 Å². The normalized spacial score (nSPS) is 11.7. The zero-order valence-corrected chi connectivity index (χ0v) is 10.1. The molecule has 0 saturated carbocycles. The number of hydrogen-bond donors (Lipinski definition) is 0. The molecule has 0 radical (unpaired) electrons. The highest BCUT2D eigenvalue weighted by Crippen LogP contribution is 2.35. The molecule has 1 heterocycles. The van der Waals surface area contributed by atoms with Crippen LogP contribution in [0, 0.1) is 0 Å². The van der Waals surface area contributed by atoms with E-state index in [2.05, 4.69) is 25.7 Å². The van der Waals surface area contributed by atoms with Gasteiger partial charge in [0.05, 0.1) is 0 Å². The Morgan fingerprint density at radius 3 is 2.44 bits per heavy atom. The van der Waals surface area contributed by atoms with Crippen LogP contribution >= 0.6 is 15.9 Å². The van der Waals surface area contributed by atoms with Gasteiger partial charge in [-0.15, -0.1) is 13.2 Å². The van der Waals surface area contributed by atoms with E-state index in [0.717, 1.165) is 6.07 Å². The minimum atomic E-state index is -5.12. The van der Waals surface area contributed by atoms with E-state index in [9.17, 15) is 26.7 Å². The number of rotatable bonds is 4. The first-order valence-corrected chi connectivity index (χ1v) is 5.49. The topological polar surface area (TPSA) is 39.2 Å². The van der Waals surface area contributed by atoms with E-state index in [4.69, 9.17) is 0 Å². The Kier molecular flexibility index (Phi) is 4.60. The molecule has 0 atom stereocenters. The van der Waals surface area contributed by atoms with Crippen molar-refractivity contribution in [2.45, 2.75) is 18.1 Å². The summed E-state index contributed by atoms with van der Waals surface area (Å²) in [7, 11) is 0. The minimum absolute atomic E-state index is 0.162. The molecule has 1 rings (SSSR count). The molecular weight excluding hydrogens is 329 g/mol. The van der Waals surface area contributed by atoms with E-state index in [1.807, 2.05) is 0 Å². The van der Waals surface area contributed by atoms with Crippen molar-refractivity contribution in [1.82, 2.24) is 4.98 Å². The van der Waals surface area contributed by atoms with Crippen LogP contribution in [0.3, 0.4) is 0 Å². The molecule has 1 aromatic rings. The lowest BCUT2D eigenvalue weighted by Gasteiger charge is -2.15. The molecule has 100 valence electrons. The van der Waals surface area contributed by atoms with Crippen molar-refractivity contribution in [3.05, 3.63) is 23.0 Å². The Balaban J connectivity index is 3.39. The molecule has 3 nitrogen and oxygen atoms in total. The lowest BCUT2D eigenvalue weighted by Crippen LogP contribution is -2.20. The molecule has 1 aromatic heterocycles. The maximum absolute atomic E-state index is 12.6. The van der Waals surface area contributed by atoms with Crippen molar-refractivity contribution in [1.29, 1.82) is 0 Å². The van der Waals surface area contributed by atoms with E-state index in [1.54, 1.807) is 0 Å². The highest BCUT2D eigenvalue weighted by Gasteiger charge is 2.35. The van der Waals surface area contributed by atoms with Crippen LogP contribution in [0.25, 0.3) is 0 Å². The largest absolute Gasteiger partial charge is 0.573 e. The maximum atomic E-state index is 12.6. The number of ether oxygens (including phenoxy) is 1. The Morgan fingerprint density at radius 1 is 1.44 bits per heavy atom. The first-order chi connectivity index (χ1) is 8.28. The van der Waals surface area contributed by atoms with Gasteiger partial charge in [0.2, 0.25) is 0 Å². The van der Waals surface area contributed by atoms with Crippen molar-refractivity contribution < 1.29 is 31.5 Å². The minimum Gasteiger partial charge on any atom is -0.403 e. The first-order valence-electron chi connectivity index (χ1n) is 4.37. The number of aromatic nitrogens is 1. The molecule has 18 heavy (non-hydrogen) atoms. The number of aldehydes is 1. The highest BCUT2D eigenvalue weighted by atomic mass is 79.9. The molecule has 0 unspecified atom stereocenters. The average Bonchev–Trinajstić information content (AvgIpc) is 2.26. The van der Waals surface area contributed by atoms with Crippen LogP contribution in [0.4, 0.5) is 22.0 Å². The zero-order valence-electron chi connectivity index (χ0n) is 8.47. The second-order valence-electron chi connectivity index (χ2n) is 3.02. The molecule has 9 heteroatoms. The molecule has 0 aromatic carbocycles. The molecule has 0 aliphatic rings. The molecule has 0 spiro atoms. The Labute approximate surface area is 106 Å². The number of halogens is 6. The van der Waals surface area contributed by atoms with Gasteiger partial charge in [0.25, 0.3) is 6.43 Å². The molecule has 0 fully saturated rings. The summed E-state index contributed by atoms with van der Waals surface area (Å²) in [5, 5.41) is -0.193. The van der Waals surface area contributed by atoms with Crippen molar-refractivity contribution in [2.75, 3.05) is 0 Å². The van der Waals surface area contributed by atoms with Gasteiger partial charge < -0.3 is 4.74 Å². The van der Waals surface area contributed by atoms with Gasteiger partial charge in [0.1, 0.15) is 11.4 Å². The molecule has 0 bridgehead atoms. The van der Waals surface area contributed by atoms with Crippen LogP contribution in [0.15, 0.2) is 6.07 Å². The number of carbonyl (C=O) groups excluding carboxylic acids is 1. The number of hydrogen-bond acceptors (Lipinski definition) is 3. The average molecular weight is 334 g/mol. The maximum Gasteiger partial charge on any atom is 0.573 e. The molecule has 0 aliphatic carbocycles. The van der Waals surface area contributed by atoms with Gasteiger partial charge in [0, 0.05) is 10.9 Å². The summed E-state index contributed by atoms with van der Waals surface area (Å²) in [6.45, 7) is 0. The molecular formula is C9H5BrF5NO2. The summed E-state index contributed by atoms with van der Waals surface area (Å²) in [6, 6.07) is 0.939. The van der Waals surface area contributed by atoms with Gasteiger partial charge in [-0.3, -0.25) is 4.79 Å². The Morgan fingerprint density at radius 2 is 2.06 bits per heavy atom. The van der Waals surface area contributed by atoms with Gasteiger partial charge in [-0.25, -0.2) is 13.8 Å². The van der Waals surface area contributed by atoms with Crippen LogP contribution in [0.2, 0.25) is 0 Å². The van der Waals surface area contributed by atoms with E-state index < -0.39 is 29.9 Å². The predicted octanol–water partition coefficient (Wildman–Crippen LogP) is 3.63. The Hall–Kier alpha value is -1.25. The lowest BCUT2D eigenvalue weighted by molar-refractivity contribution is -0.275. The van der Waals surface area contributed by atoms with Crippen LogP contribution in [0.1, 0.15) is 28.2 Å². The van der Waals surface area contributed by atoms with Crippen molar-refractivity contribution in [2.24, 2.45) is 0 Å². The summed E-state index contributed by atoms with van der Waals surface area (Å²) in [5.41, 5.74) is -1.85. The summed E-state index contributed by atoms with van der Waals surface area (Å²) < 4.78 is 65.0. The summed E-state index contributed by atoms with van der Waals surface area (Å²) in [5.74, 6) is -1.08. The van der Waals surface area contributed by atoms with E-state index in [0.29, 0.717) is 0 Å². The third kappa shape index (κ3) is 3.62. The van der Waals surface area contributed by atoms with Crippen LogP contribution in [-0.2, 0) is 5.33 Å². The highest BCUT2D eigenvalue weighted by molar-refractivity contribution is 9.08. The van der Waals surface area contributed by atoms with Gasteiger partial charge >= 0.3 is 6.36 Å². The molecule has 0 N–H and O–H groups in total. The fourth-order valence-electron chi connectivity index (χ4n) is 1.17. The zero-order chi connectivity index (χ0) is 13.9. The second-order valence-corrected chi connectivity index (χ2v) is 3.58. The summed E-state index contributed by atoms with van der Waals surface area (Å²) in [6.07, 6.45) is -8.25. The van der Waals surface area contributed by atoms with Gasteiger partial charge in [-0.05, 0) is 6.07 Å². The molecule has 0 aliphatic heterocycles. The van der Waals surface area contributed by atoms with Crippen molar-refractivity contribution >= 4 is 22.2 Å². The van der Waals surface area contributed by atoms with E-state index in [1.165, 1.54) is 0 Å².